The number of piperazine rings is 1. The van der Waals surface area contributed by atoms with Crippen molar-refractivity contribution in [1.82, 2.24) is 14.9 Å². The van der Waals surface area contributed by atoms with Crippen LogP contribution in [0.2, 0.25) is 0 Å². The molecule has 0 aliphatic carbocycles. The van der Waals surface area contributed by atoms with E-state index in [1.165, 1.54) is 6.07 Å². The van der Waals surface area contributed by atoms with Gasteiger partial charge in [-0.3, -0.25) is 4.90 Å². The molecule has 1 aliphatic rings. The van der Waals surface area contributed by atoms with Crippen LogP contribution in [-0.2, 0) is 0 Å². The van der Waals surface area contributed by atoms with Crippen molar-refractivity contribution >= 4 is 11.6 Å². The molecule has 0 spiro atoms. The second kappa shape index (κ2) is 8.62. The highest BCUT2D eigenvalue weighted by atomic mass is 19.1. The Morgan fingerprint density at radius 3 is 2.72 bits per heavy atom. The first-order valence-electron chi connectivity index (χ1n) is 8.59. The fraction of sp³-hybridized carbons (Fsp3) is 0.444. The van der Waals surface area contributed by atoms with Gasteiger partial charge < -0.3 is 15.0 Å². The minimum atomic E-state index is -0.140. The molecule has 0 atom stereocenters. The van der Waals surface area contributed by atoms with Crippen LogP contribution in [0, 0.1) is 5.82 Å². The lowest BCUT2D eigenvalue weighted by atomic mass is 10.2. The molecule has 0 saturated carbocycles. The van der Waals surface area contributed by atoms with Crippen LogP contribution >= 0.6 is 0 Å². The maximum Gasteiger partial charge on any atom is 0.225 e. The molecule has 3 rings (SSSR count). The molecule has 7 heteroatoms. The second-order valence-electron chi connectivity index (χ2n) is 5.98. The zero-order valence-electron chi connectivity index (χ0n) is 14.5. The summed E-state index contributed by atoms with van der Waals surface area (Å²) in [6.07, 6.45) is 2.68. The first kappa shape index (κ1) is 17.4. The number of aromatic nitrogens is 2. The number of hydrogen-bond acceptors (Lipinski definition) is 6. The number of nitrogens with zero attached hydrogens (tertiary/aromatic N) is 4. The molecule has 6 nitrogen and oxygen atoms in total. The topological polar surface area (TPSA) is 53.5 Å². The predicted octanol–water partition coefficient (Wildman–Crippen LogP) is 2.25. The summed E-state index contributed by atoms with van der Waals surface area (Å²) in [5.41, 5.74) is 0.707. The average molecular weight is 345 g/mol. The Hall–Kier alpha value is -2.41. The molecule has 1 fully saturated rings. The third-order valence-corrected chi connectivity index (χ3v) is 4.34. The Kier molecular flexibility index (Phi) is 6.00. The van der Waals surface area contributed by atoms with E-state index in [0.717, 1.165) is 45.7 Å². The van der Waals surface area contributed by atoms with Crippen LogP contribution in [-0.4, -0.2) is 61.2 Å². The third kappa shape index (κ3) is 4.79. The van der Waals surface area contributed by atoms with Crippen molar-refractivity contribution in [2.75, 3.05) is 56.6 Å². The normalized spacial score (nSPS) is 15.2. The third-order valence-electron chi connectivity index (χ3n) is 4.34. The maximum atomic E-state index is 13.9. The van der Waals surface area contributed by atoms with E-state index in [2.05, 4.69) is 25.1 Å². The fourth-order valence-corrected chi connectivity index (χ4v) is 2.96. The highest BCUT2D eigenvalue weighted by molar-refractivity contribution is 5.48. The highest BCUT2D eigenvalue weighted by Gasteiger charge is 2.18. The van der Waals surface area contributed by atoms with Crippen molar-refractivity contribution in [2.24, 2.45) is 0 Å². The molecule has 1 N–H and O–H groups in total. The van der Waals surface area contributed by atoms with Crippen LogP contribution < -0.4 is 15.0 Å². The summed E-state index contributed by atoms with van der Waals surface area (Å²) in [4.78, 5) is 12.9. The molecule has 25 heavy (non-hydrogen) atoms. The van der Waals surface area contributed by atoms with Gasteiger partial charge >= 0.3 is 0 Å². The average Bonchev–Trinajstić information content (AvgIpc) is 2.66. The van der Waals surface area contributed by atoms with Gasteiger partial charge in [-0.2, -0.15) is 4.98 Å². The molecule has 0 unspecified atom stereocenters. The number of rotatable bonds is 7. The van der Waals surface area contributed by atoms with Crippen LogP contribution in [0.4, 0.5) is 16.0 Å². The minimum absolute atomic E-state index is 0.140. The number of benzene rings is 1. The first-order chi connectivity index (χ1) is 12.3. The van der Waals surface area contributed by atoms with Crippen molar-refractivity contribution in [1.29, 1.82) is 0 Å². The molecule has 0 bridgehead atoms. The Balaban J connectivity index is 1.37. The number of hydrogen-bond donors (Lipinski definition) is 1. The van der Waals surface area contributed by atoms with Crippen molar-refractivity contribution in [3.8, 4) is 5.88 Å². The van der Waals surface area contributed by atoms with Gasteiger partial charge in [0.15, 0.2) is 0 Å². The Labute approximate surface area is 147 Å². The fourth-order valence-electron chi connectivity index (χ4n) is 2.96. The van der Waals surface area contributed by atoms with E-state index in [1.807, 2.05) is 12.1 Å². The van der Waals surface area contributed by atoms with Gasteiger partial charge in [0, 0.05) is 45.0 Å². The second-order valence-corrected chi connectivity index (χ2v) is 5.98. The molecule has 1 saturated heterocycles. The summed E-state index contributed by atoms with van der Waals surface area (Å²) in [5, 5.41) is 3.21. The number of anilines is 2. The lowest BCUT2D eigenvalue weighted by Gasteiger charge is -2.36. The quantitative estimate of drug-likeness (QED) is 0.777. The molecule has 0 radical (unpaired) electrons. The zero-order chi connectivity index (χ0) is 17.5. The van der Waals surface area contributed by atoms with Gasteiger partial charge in [0.05, 0.1) is 12.8 Å². The van der Waals surface area contributed by atoms with E-state index in [1.54, 1.807) is 25.4 Å². The minimum Gasteiger partial charge on any atom is -0.481 e. The monoisotopic (exact) mass is 345 g/mol. The number of halogens is 1. The standard InChI is InChI=1S/C18H24FN5O/c1-25-17-7-9-21-18(22-17)20-8-4-10-23-11-13-24(14-12-23)16-6-3-2-5-15(16)19/h2-3,5-7,9H,4,8,10-14H2,1H3,(H,20,21,22). The van der Waals surface area contributed by atoms with Crippen molar-refractivity contribution in [3.63, 3.8) is 0 Å². The van der Waals surface area contributed by atoms with Gasteiger partial charge in [-0.1, -0.05) is 12.1 Å². The molecule has 0 amide bonds. The molecular formula is C18H24FN5O. The predicted molar refractivity (Wildman–Crippen MR) is 96.7 cm³/mol. The Morgan fingerprint density at radius 1 is 1.16 bits per heavy atom. The van der Waals surface area contributed by atoms with Gasteiger partial charge in [0.25, 0.3) is 0 Å². The summed E-state index contributed by atoms with van der Waals surface area (Å²) in [5.74, 6) is 1.00. The number of ether oxygens (including phenoxy) is 1. The van der Waals surface area contributed by atoms with Crippen molar-refractivity contribution < 1.29 is 9.13 Å². The maximum absolute atomic E-state index is 13.9. The Bertz CT molecular complexity index is 676. The van der Waals surface area contributed by atoms with Gasteiger partial charge in [0.2, 0.25) is 11.8 Å². The molecular weight excluding hydrogens is 321 g/mol. The van der Waals surface area contributed by atoms with E-state index in [0.29, 0.717) is 17.5 Å². The Morgan fingerprint density at radius 2 is 1.96 bits per heavy atom. The van der Waals surface area contributed by atoms with E-state index < -0.39 is 0 Å². The first-order valence-corrected chi connectivity index (χ1v) is 8.59. The molecule has 134 valence electrons. The number of para-hydroxylation sites is 1. The van der Waals surface area contributed by atoms with Crippen LogP contribution in [0.5, 0.6) is 5.88 Å². The number of nitrogens with one attached hydrogen (secondary N) is 1. The lowest BCUT2D eigenvalue weighted by Crippen LogP contribution is -2.47. The molecule has 2 aromatic rings. The SMILES string of the molecule is COc1ccnc(NCCCN2CCN(c3ccccc3F)CC2)n1. The zero-order valence-corrected chi connectivity index (χ0v) is 14.5. The van der Waals surface area contributed by atoms with Gasteiger partial charge in [-0.25, -0.2) is 9.37 Å². The molecule has 2 heterocycles. The van der Waals surface area contributed by atoms with Crippen LogP contribution in [0.25, 0.3) is 0 Å². The lowest BCUT2D eigenvalue weighted by molar-refractivity contribution is 0.256. The van der Waals surface area contributed by atoms with Gasteiger partial charge in [-0.05, 0) is 25.1 Å². The summed E-state index contributed by atoms with van der Waals surface area (Å²) in [6.45, 7) is 5.41. The number of methoxy groups -OCH3 is 1. The summed E-state index contributed by atoms with van der Waals surface area (Å²) in [6, 6.07) is 8.71. The summed E-state index contributed by atoms with van der Waals surface area (Å²) >= 11 is 0. The van der Waals surface area contributed by atoms with E-state index in [4.69, 9.17) is 4.74 Å². The van der Waals surface area contributed by atoms with Crippen molar-refractivity contribution in [2.45, 2.75) is 6.42 Å². The molecule has 1 aromatic carbocycles. The highest BCUT2D eigenvalue weighted by Crippen LogP contribution is 2.20. The van der Waals surface area contributed by atoms with Crippen LogP contribution in [0.3, 0.4) is 0 Å². The largest absolute Gasteiger partial charge is 0.481 e. The van der Waals surface area contributed by atoms with Crippen molar-refractivity contribution in [3.05, 3.63) is 42.3 Å². The van der Waals surface area contributed by atoms with Crippen LogP contribution in [0.1, 0.15) is 6.42 Å². The van der Waals surface area contributed by atoms with Gasteiger partial charge in [-0.15, -0.1) is 0 Å². The van der Waals surface area contributed by atoms with E-state index in [9.17, 15) is 4.39 Å². The van der Waals surface area contributed by atoms with Gasteiger partial charge in [0.1, 0.15) is 5.82 Å². The van der Waals surface area contributed by atoms with E-state index >= 15 is 0 Å². The van der Waals surface area contributed by atoms with E-state index in [-0.39, 0.29) is 5.82 Å². The molecule has 1 aromatic heterocycles. The summed E-state index contributed by atoms with van der Waals surface area (Å²) < 4.78 is 18.9. The summed E-state index contributed by atoms with van der Waals surface area (Å²) in [7, 11) is 1.59. The van der Waals surface area contributed by atoms with Crippen LogP contribution in [0.15, 0.2) is 36.5 Å². The molecule has 1 aliphatic heterocycles. The smallest absolute Gasteiger partial charge is 0.225 e.